The first-order valence-electron chi connectivity index (χ1n) is 10.4. The van der Waals surface area contributed by atoms with E-state index in [4.69, 9.17) is 11.6 Å². The Labute approximate surface area is 196 Å². The molecule has 1 aromatic heterocycles. The number of halogens is 1. The van der Waals surface area contributed by atoms with Crippen LogP contribution in [-0.2, 0) is 16.4 Å². The maximum absolute atomic E-state index is 13.1. The minimum absolute atomic E-state index is 0.0944. The van der Waals surface area contributed by atoms with E-state index in [2.05, 4.69) is 15.5 Å². The molecule has 3 aromatic rings. The molecule has 2 heterocycles. The van der Waals surface area contributed by atoms with Gasteiger partial charge in [0.05, 0.1) is 4.90 Å². The molecule has 0 bridgehead atoms. The summed E-state index contributed by atoms with van der Waals surface area (Å²) in [7, 11) is -3.58. The van der Waals surface area contributed by atoms with Crippen molar-refractivity contribution in [1.29, 1.82) is 0 Å². The number of aryl methyl sites for hydroxylation is 1. The molecule has 168 valence electrons. The molecule has 1 fully saturated rings. The van der Waals surface area contributed by atoms with Crippen LogP contribution in [-0.4, -0.2) is 41.9 Å². The van der Waals surface area contributed by atoms with Gasteiger partial charge < -0.3 is 5.32 Å². The second kappa shape index (κ2) is 9.66. The quantitative estimate of drug-likeness (QED) is 0.546. The van der Waals surface area contributed by atoms with Crippen LogP contribution in [0, 0.1) is 0 Å². The van der Waals surface area contributed by atoms with Crippen LogP contribution in [0.4, 0.5) is 5.69 Å². The molecule has 4 rings (SSSR count). The SMILES string of the molecule is CCc1ccc(S(=O)(=O)N2CCC[C@H](c3nnc(C(=O)Nc4ccc(Cl)cc4)s3)C2)cc1. The number of nitrogens with zero attached hydrogens (tertiary/aromatic N) is 3. The Morgan fingerprint density at radius 1 is 1.16 bits per heavy atom. The van der Waals surface area contributed by atoms with E-state index in [1.165, 1.54) is 15.6 Å². The van der Waals surface area contributed by atoms with E-state index in [0.29, 0.717) is 33.7 Å². The van der Waals surface area contributed by atoms with Crippen LogP contribution in [0.25, 0.3) is 0 Å². The number of nitrogens with one attached hydrogen (secondary N) is 1. The van der Waals surface area contributed by atoms with Gasteiger partial charge in [-0.15, -0.1) is 10.2 Å². The molecule has 0 radical (unpaired) electrons. The topological polar surface area (TPSA) is 92.3 Å². The standard InChI is InChI=1S/C22H23ClN4O3S2/c1-2-15-5-11-19(12-6-15)32(29,30)27-13-3-4-16(14-27)21-25-26-22(31-21)20(28)24-18-9-7-17(23)8-10-18/h5-12,16H,2-4,13-14H2,1H3,(H,24,28)/t16-/m0/s1. The van der Waals surface area contributed by atoms with Crippen molar-refractivity contribution in [2.45, 2.75) is 37.0 Å². The highest BCUT2D eigenvalue weighted by molar-refractivity contribution is 7.89. The number of piperidine rings is 1. The average Bonchev–Trinajstić information content (AvgIpc) is 3.31. The summed E-state index contributed by atoms with van der Waals surface area (Å²) in [5.41, 5.74) is 1.71. The lowest BCUT2D eigenvalue weighted by Gasteiger charge is -2.30. The second-order valence-corrected chi connectivity index (χ2v) is 11.0. The van der Waals surface area contributed by atoms with Crippen molar-refractivity contribution in [1.82, 2.24) is 14.5 Å². The molecule has 7 nitrogen and oxygen atoms in total. The number of carbonyl (C=O) groups excluding carboxylic acids is 1. The molecule has 10 heteroatoms. The fraction of sp³-hybridized carbons (Fsp3) is 0.318. The van der Waals surface area contributed by atoms with Crippen LogP contribution in [0.15, 0.2) is 53.4 Å². The summed E-state index contributed by atoms with van der Waals surface area (Å²) in [5, 5.41) is 12.5. The molecule has 0 spiro atoms. The third kappa shape index (κ3) is 5.01. The third-order valence-corrected chi connectivity index (χ3v) is 8.66. The van der Waals surface area contributed by atoms with E-state index in [-0.39, 0.29) is 16.8 Å². The second-order valence-electron chi connectivity index (χ2n) is 7.61. The van der Waals surface area contributed by atoms with Gasteiger partial charge in [0.1, 0.15) is 5.01 Å². The normalized spacial score (nSPS) is 17.2. The number of anilines is 1. The number of rotatable bonds is 6. The highest BCUT2D eigenvalue weighted by Gasteiger charge is 2.32. The van der Waals surface area contributed by atoms with Crippen LogP contribution in [0.5, 0.6) is 0 Å². The Morgan fingerprint density at radius 3 is 2.56 bits per heavy atom. The van der Waals surface area contributed by atoms with Crippen molar-refractivity contribution in [3.63, 3.8) is 0 Å². The minimum Gasteiger partial charge on any atom is -0.320 e. The first kappa shape index (κ1) is 22.8. The first-order valence-corrected chi connectivity index (χ1v) is 13.0. The molecule has 32 heavy (non-hydrogen) atoms. The molecule has 2 aromatic carbocycles. The summed E-state index contributed by atoms with van der Waals surface area (Å²) in [6.07, 6.45) is 2.38. The first-order chi connectivity index (χ1) is 15.4. The highest BCUT2D eigenvalue weighted by Crippen LogP contribution is 2.32. The van der Waals surface area contributed by atoms with Gasteiger partial charge in [0, 0.05) is 29.7 Å². The Balaban J connectivity index is 1.46. The number of sulfonamides is 1. The van der Waals surface area contributed by atoms with Crippen molar-refractivity contribution in [3.05, 3.63) is 69.1 Å². The van der Waals surface area contributed by atoms with Crippen LogP contribution in [0.2, 0.25) is 5.02 Å². The van der Waals surface area contributed by atoms with Gasteiger partial charge in [0.15, 0.2) is 0 Å². The summed E-state index contributed by atoms with van der Waals surface area (Å²) in [5.74, 6) is -0.449. The van der Waals surface area contributed by atoms with Crippen molar-refractivity contribution in [2.75, 3.05) is 18.4 Å². The molecule has 0 saturated carbocycles. The lowest BCUT2D eigenvalue weighted by Crippen LogP contribution is -2.39. The third-order valence-electron chi connectivity index (χ3n) is 5.44. The van der Waals surface area contributed by atoms with Crippen LogP contribution >= 0.6 is 22.9 Å². The molecular formula is C22H23ClN4O3S2. The molecule has 0 unspecified atom stereocenters. The predicted molar refractivity (Wildman–Crippen MR) is 126 cm³/mol. The largest absolute Gasteiger partial charge is 0.320 e. The average molecular weight is 491 g/mol. The molecule has 1 aliphatic heterocycles. The van der Waals surface area contributed by atoms with Crippen molar-refractivity contribution in [3.8, 4) is 0 Å². The summed E-state index contributed by atoms with van der Waals surface area (Å²) in [6, 6.07) is 13.8. The molecule has 1 atom stereocenters. The Bertz CT molecular complexity index is 1190. The smallest absolute Gasteiger partial charge is 0.286 e. The molecule has 1 amide bonds. The van der Waals surface area contributed by atoms with Crippen LogP contribution < -0.4 is 5.32 Å². The fourth-order valence-corrected chi connectivity index (χ4v) is 6.13. The summed E-state index contributed by atoms with van der Waals surface area (Å²) in [6.45, 7) is 2.83. The van der Waals surface area contributed by atoms with E-state index in [1.54, 1.807) is 36.4 Å². The van der Waals surface area contributed by atoms with Crippen molar-refractivity contribution >= 4 is 44.6 Å². The summed E-state index contributed by atoms with van der Waals surface area (Å²) in [4.78, 5) is 12.8. The Hall–Kier alpha value is -2.33. The van der Waals surface area contributed by atoms with Crippen molar-refractivity contribution < 1.29 is 13.2 Å². The van der Waals surface area contributed by atoms with Gasteiger partial charge >= 0.3 is 0 Å². The summed E-state index contributed by atoms with van der Waals surface area (Å²) < 4.78 is 27.8. The van der Waals surface area contributed by atoms with E-state index < -0.39 is 10.0 Å². The van der Waals surface area contributed by atoms with Gasteiger partial charge in [0.25, 0.3) is 5.91 Å². The van der Waals surface area contributed by atoms with Crippen molar-refractivity contribution in [2.24, 2.45) is 0 Å². The monoisotopic (exact) mass is 490 g/mol. The molecular weight excluding hydrogens is 468 g/mol. The molecule has 1 N–H and O–H groups in total. The number of amides is 1. The number of benzene rings is 2. The van der Waals surface area contributed by atoms with Gasteiger partial charge in [-0.2, -0.15) is 4.31 Å². The number of hydrogen-bond donors (Lipinski definition) is 1. The number of aromatic nitrogens is 2. The Kier molecular flexibility index (Phi) is 6.90. The lowest BCUT2D eigenvalue weighted by atomic mass is 10.0. The minimum atomic E-state index is -3.58. The van der Waals surface area contributed by atoms with E-state index in [9.17, 15) is 13.2 Å². The van der Waals surface area contributed by atoms with E-state index in [1.807, 2.05) is 19.1 Å². The van der Waals surface area contributed by atoms with Crippen LogP contribution in [0.1, 0.15) is 46.1 Å². The predicted octanol–water partition coefficient (Wildman–Crippen LogP) is 4.57. The van der Waals surface area contributed by atoms with Gasteiger partial charge in [-0.25, -0.2) is 8.42 Å². The van der Waals surface area contributed by atoms with Gasteiger partial charge in [-0.1, -0.05) is 42.0 Å². The number of carbonyl (C=O) groups is 1. The Morgan fingerprint density at radius 2 is 1.88 bits per heavy atom. The van der Waals surface area contributed by atoms with Crippen LogP contribution in [0.3, 0.4) is 0 Å². The molecule has 1 saturated heterocycles. The zero-order valence-corrected chi connectivity index (χ0v) is 19.9. The molecule has 0 aliphatic carbocycles. The van der Waals surface area contributed by atoms with E-state index >= 15 is 0 Å². The molecule has 1 aliphatic rings. The fourth-order valence-electron chi connectivity index (χ4n) is 3.62. The van der Waals surface area contributed by atoms with Gasteiger partial charge in [-0.3, -0.25) is 4.79 Å². The van der Waals surface area contributed by atoms with Gasteiger partial charge in [-0.05, 0) is 61.2 Å². The number of hydrogen-bond acceptors (Lipinski definition) is 6. The maximum Gasteiger partial charge on any atom is 0.286 e. The lowest BCUT2D eigenvalue weighted by molar-refractivity contribution is 0.102. The summed E-state index contributed by atoms with van der Waals surface area (Å²) >= 11 is 7.07. The zero-order chi connectivity index (χ0) is 22.7. The van der Waals surface area contributed by atoms with E-state index in [0.717, 1.165) is 24.8 Å². The highest BCUT2D eigenvalue weighted by atomic mass is 35.5. The van der Waals surface area contributed by atoms with Gasteiger partial charge in [0.2, 0.25) is 15.0 Å². The maximum atomic E-state index is 13.1. The zero-order valence-electron chi connectivity index (χ0n) is 17.5.